The van der Waals surface area contributed by atoms with Gasteiger partial charge in [-0.1, -0.05) is 34.8 Å². The highest BCUT2D eigenvalue weighted by Crippen LogP contribution is 2.36. The van der Waals surface area contributed by atoms with Crippen LogP contribution >= 0.6 is 46.1 Å². The third kappa shape index (κ3) is 3.07. The van der Waals surface area contributed by atoms with Crippen LogP contribution in [0.3, 0.4) is 0 Å². The van der Waals surface area contributed by atoms with Gasteiger partial charge in [-0.25, -0.2) is 0 Å². The number of nitrogens with two attached hydrogens (primary N) is 1. The van der Waals surface area contributed by atoms with Gasteiger partial charge in [-0.3, -0.25) is 16.0 Å². The molecule has 0 bridgehead atoms. The van der Waals surface area contributed by atoms with Gasteiger partial charge in [0.15, 0.2) is 0 Å². The average molecular weight is 340 g/mol. The van der Waals surface area contributed by atoms with E-state index in [-0.39, 0.29) is 6.04 Å². The van der Waals surface area contributed by atoms with Gasteiger partial charge in [0.25, 0.3) is 0 Å². The molecule has 2 aromatic heterocycles. The van der Waals surface area contributed by atoms with E-state index < -0.39 is 0 Å². The average Bonchev–Trinajstić information content (AvgIpc) is 2.79. The molecule has 19 heavy (non-hydrogen) atoms. The minimum atomic E-state index is -0.163. The molecule has 3 N–H and O–H groups in total. The highest BCUT2D eigenvalue weighted by molar-refractivity contribution is 7.20. The van der Waals surface area contributed by atoms with E-state index in [2.05, 4.69) is 10.5 Å². The lowest BCUT2D eigenvalue weighted by Crippen LogP contribution is -2.30. The van der Waals surface area contributed by atoms with Crippen molar-refractivity contribution in [3.05, 3.63) is 36.7 Å². The topological polar surface area (TPSA) is 55.9 Å². The quantitative estimate of drug-likeness (QED) is 0.662. The molecule has 0 saturated heterocycles. The summed E-state index contributed by atoms with van der Waals surface area (Å²) >= 11 is 19.7. The maximum absolute atomic E-state index is 6.24. The Bertz CT molecular complexity index is 593. The summed E-state index contributed by atoms with van der Waals surface area (Å²) in [5, 5.41) is 4.93. The van der Waals surface area contributed by atoms with E-state index in [0.717, 1.165) is 17.0 Å². The van der Waals surface area contributed by atoms with Crippen LogP contribution in [-0.4, -0.2) is 9.78 Å². The predicted octanol–water partition coefficient (Wildman–Crippen LogP) is 3.50. The van der Waals surface area contributed by atoms with Crippen molar-refractivity contribution in [2.45, 2.75) is 19.4 Å². The predicted molar refractivity (Wildman–Crippen MR) is 81.1 cm³/mol. The molecule has 0 aliphatic heterocycles. The monoisotopic (exact) mass is 338 g/mol. The Hall–Kier alpha value is -0.300. The van der Waals surface area contributed by atoms with Crippen molar-refractivity contribution in [2.24, 2.45) is 12.9 Å². The number of halogens is 3. The van der Waals surface area contributed by atoms with Crippen LogP contribution < -0.4 is 11.3 Å². The third-order valence-electron chi connectivity index (χ3n) is 2.92. The summed E-state index contributed by atoms with van der Waals surface area (Å²) in [6.45, 7) is 1.87. The number of hydrogen-bond donors (Lipinski definition) is 2. The summed E-state index contributed by atoms with van der Waals surface area (Å²) in [4.78, 5) is 0. The van der Waals surface area contributed by atoms with Crippen LogP contribution in [0.4, 0.5) is 0 Å². The van der Waals surface area contributed by atoms with Gasteiger partial charge in [-0.15, -0.1) is 11.3 Å². The van der Waals surface area contributed by atoms with E-state index >= 15 is 0 Å². The number of hydrazine groups is 1. The van der Waals surface area contributed by atoms with Crippen molar-refractivity contribution < 1.29 is 0 Å². The Morgan fingerprint density at radius 2 is 2.16 bits per heavy atom. The molecular weight excluding hydrogens is 327 g/mol. The van der Waals surface area contributed by atoms with Crippen molar-refractivity contribution in [3.63, 3.8) is 0 Å². The number of aryl methyl sites for hydroxylation is 2. The first kappa shape index (κ1) is 15.1. The molecule has 1 unspecified atom stereocenters. The first-order valence-corrected chi connectivity index (χ1v) is 7.48. The van der Waals surface area contributed by atoms with Crippen molar-refractivity contribution >= 4 is 46.1 Å². The lowest BCUT2D eigenvalue weighted by Gasteiger charge is -2.15. The molecule has 0 aliphatic carbocycles. The molecule has 0 saturated carbocycles. The Labute approximate surface area is 130 Å². The molecule has 2 rings (SSSR count). The molecule has 0 aromatic carbocycles. The summed E-state index contributed by atoms with van der Waals surface area (Å²) in [5.74, 6) is 5.62. The Morgan fingerprint density at radius 1 is 1.47 bits per heavy atom. The number of nitrogens with one attached hydrogen (secondary N) is 1. The fourth-order valence-corrected chi connectivity index (χ4v) is 3.76. The molecule has 0 aliphatic rings. The molecule has 2 heterocycles. The highest BCUT2D eigenvalue weighted by atomic mass is 35.5. The van der Waals surface area contributed by atoms with Crippen LogP contribution in [-0.2, 0) is 13.5 Å². The normalized spacial score (nSPS) is 12.9. The molecule has 1 atom stereocenters. The molecule has 2 aromatic rings. The molecule has 8 heteroatoms. The van der Waals surface area contributed by atoms with Gasteiger partial charge in [0.1, 0.15) is 0 Å². The van der Waals surface area contributed by atoms with E-state index in [4.69, 9.17) is 40.6 Å². The SMILES string of the molecule is Cc1nn(C)c(CC(NN)c2cc(Cl)sc2Cl)c1Cl. The minimum absolute atomic E-state index is 0.163. The molecule has 104 valence electrons. The van der Waals surface area contributed by atoms with E-state index in [1.165, 1.54) is 11.3 Å². The summed E-state index contributed by atoms with van der Waals surface area (Å²) in [6.07, 6.45) is 0.583. The molecule has 0 fully saturated rings. The number of aromatic nitrogens is 2. The maximum Gasteiger partial charge on any atom is 0.0992 e. The van der Waals surface area contributed by atoms with Gasteiger partial charge in [0.05, 0.1) is 31.1 Å². The van der Waals surface area contributed by atoms with E-state index in [9.17, 15) is 0 Å². The first-order chi connectivity index (χ1) is 8.93. The largest absolute Gasteiger partial charge is 0.271 e. The minimum Gasteiger partial charge on any atom is -0.271 e. The van der Waals surface area contributed by atoms with E-state index in [1.807, 2.05) is 20.0 Å². The van der Waals surface area contributed by atoms with Crippen LogP contribution in [0.1, 0.15) is 23.0 Å². The van der Waals surface area contributed by atoms with Crippen molar-refractivity contribution in [3.8, 4) is 0 Å². The Balaban J connectivity index is 2.31. The third-order valence-corrected chi connectivity index (χ3v) is 4.93. The zero-order chi connectivity index (χ0) is 14.2. The highest BCUT2D eigenvalue weighted by Gasteiger charge is 2.21. The zero-order valence-electron chi connectivity index (χ0n) is 10.4. The van der Waals surface area contributed by atoms with Crippen molar-refractivity contribution in [1.82, 2.24) is 15.2 Å². The second-order valence-corrected chi connectivity index (χ2v) is 6.84. The van der Waals surface area contributed by atoms with Gasteiger partial charge in [-0.05, 0) is 13.0 Å². The van der Waals surface area contributed by atoms with Gasteiger partial charge >= 0.3 is 0 Å². The van der Waals surface area contributed by atoms with Gasteiger partial charge in [0, 0.05) is 19.0 Å². The molecule has 0 spiro atoms. The fraction of sp³-hybridized carbons (Fsp3) is 0.364. The number of thiophene rings is 1. The van der Waals surface area contributed by atoms with Crippen LogP contribution in [0.2, 0.25) is 13.7 Å². The van der Waals surface area contributed by atoms with E-state index in [1.54, 1.807) is 4.68 Å². The molecule has 4 nitrogen and oxygen atoms in total. The summed E-state index contributed by atoms with van der Waals surface area (Å²) < 4.78 is 3.01. The van der Waals surface area contributed by atoms with Crippen molar-refractivity contribution in [1.29, 1.82) is 0 Å². The summed E-state index contributed by atoms with van der Waals surface area (Å²) in [5.41, 5.74) is 5.32. The van der Waals surface area contributed by atoms with Crippen LogP contribution in [0.5, 0.6) is 0 Å². The summed E-state index contributed by atoms with van der Waals surface area (Å²) in [7, 11) is 1.85. The standard InChI is InChI=1S/C11H13Cl3N4S/c1-5-10(13)8(18(2)17-5)4-7(16-15)6-3-9(12)19-11(6)14/h3,7,16H,4,15H2,1-2H3. The van der Waals surface area contributed by atoms with Crippen LogP contribution in [0, 0.1) is 6.92 Å². The Kier molecular flexibility index (Phi) is 4.76. The molecular formula is C11H13Cl3N4S. The number of nitrogens with zero attached hydrogens (tertiary/aromatic N) is 2. The second-order valence-electron chi connectivity index (χ2n) is 4.17. The zero-order valence-corrected chi connectivity index (χ0v) is 13.5. The smallest absolute Gasteiger partial charge is 0.0992 e. The van der Waals surface area contributed by atoms with Crippen LogP contribution in [0.15, 0.2) is 6.07 Å². The lowest BCUT2D eigenvalue weighted by atomic mass is 10.1. The van der Waals surface area contributed by atoms with Gasteiger partial charge in [-0.2, -0.15) is 5.10 Å². The van der Waals surface area contributed by atoms with Gasteiger partial charge < -0.3 is 0 Å². The first-order valence-electron chi connectivity index (χ1n) is 5.52. The van der Waals surface area contributed by atoms with E-state index in [0.29, 0.717) is 20.1 Å². The van der Waals surface area contributed by atoms with Crippen LogP contribution in [0.25, 0.3) is 0 Å². The number of rotatable bonds is 4. The van der Waals surface area contributed by atoms with Crippen molar-refractivity contribution in [2.75, 3.05) is 0 Å². The van der Waals surface area contributed by atoms with Gasteiger partial charge in [0.2, 0.25) is 0 Å². The second kappa shape index (κ2) is 5.99. The lowest BCUT2D eigenvalue weighted by molar-refractivity contribution is 0.531. The fourth-order valence-electron chi connectivity index (χ4n) is 1.94. The maximum atomic E-state index is 6.24. The number of hydrogen-bond acceptors (Lipinski definition) is 4. The Morgan fingerprint density at radius 3 is 2.58 bits per heavy atom. The molecule has 0 radical (unpaired) electrons. The molecule has 0 amide bonds. The summed E-state index contributed by atoms with van der Waals surface area (Å²) in [6, 6.07) is 1.65.